The van der Waals surface area contributed by atoms with E-state index in [9.17, 15) is 9.59 Å². The Morgan fingerprint density at radius 2 is 1.86 bits per heavy atom. The lowest BCUT2D eigenvalue weighted by Gasteiger charge is -2.07. The molecule has 0 saturated heterocycles. The van der Waals surface area contributed by atoms with Gasteiger partial charge in [0.25, 0.3) is 5.56 Å². The van der Waals surface area contributed by atoms with Crippen molar-refractivity contribution < 1.29 is 4.79 Å². The number of hydrogen-bond acceptors (Lipinski definition) is 2. The van der Waals surface area contributed by atoms with Crippen LogP contribution in [0.5, 0.6) is 0 Å². The SMILES string of the molecule is Cn1ccc2c(ccn2CC(=O)Nc2ccccc2)c1=O. The molecule has 1 N–H and O–H groups in total. The zero-order valence-corrected chi connectivity index (χ0v) is 11.6. The third-order valence-corrected chi connectivity index (χ3v) is 3.38. The number of aryl methyl sites for hydroxylation is 1. The molecule has 0 bridgehead atoms. The topological polar surface area (TPSA) is 56.0 Å². The molecule has 5 nitrogen and oxygen atoms in total. The van der Waals surface area contributed by atoms with E-state index in [0.717, 1.165) is 11.2 Å². The summed E-state index contributed by atoms with van der Waals surface area (Å²) in [6, 6.07) is 12.9. The smallest absolute Gasteiger partial charge is 0.259 e. The standard InChI is InChI=1S/C16H15N3O2/c1-18-9-8-14-13(16(18)21)7-10-19(14)11-15(20)17-12-5-3-2-4-6-12/h2-10H,11H2,1H3,(H,17,20). The number of carbonyl (C=O) groups excluding carboxylic acids is 1. The van der Waals surface area contributed by atoms with Crippen LogP contribution in [0.4, 0.5) is 5.69 Å². The molecule has 106 valence electrons. The maximum atomic E-state index is 12.1. The van der Waals surface area contributed by atoms with Gasteiger partial charge in [0.2, 0.25) is 5.91 Å². The van der Waals surface area contributed by atoms with Gasteiger partial charge in [-0.2, -0.15) is 0 Å². The highest BCUT2D eigenvalue weighted by Gasteiger charge is 2.09. The number of anilines is 1. The van der Waals surface area contributed by atoms with Crippen LogP contribution < -0.4 is 10.9 Å². The Hall–Kier alpha value is -2.82. The molecule has 0 atom stereocenters. The first-order valence-corrected chi connectivity index (χ1v) is 6.64. The lowest BCUT2D eigenvalue weighted by molar-refractivity contribution is -0.116. The number of aromatic nitrogens is 2. The number of amides is 1. The van der Waals surface area contributed by atoms with Crippen LogP contribution in [0.25, 0.3) is 10.9 Å². The van der Waals surface area contributed by atoms with Crippen molar-refractivity contribution in [1.82, 2.24) is 9.13 Å². The number of nitrogens with one attached hydrogen (secondary N) is 1. The van der Waals surface area contributed by atoms with Crippen molar-refractivity contribution in [2.45, 2.75) is 6.54 Å². The van der Waals surface area contributed by atoms with Gasteiger partial charge < -0.3 is 14.5 Å². The van der Waals surface area contributed by atoms with Gasteiger partial charge in [-0.05, 0) is 24.3 Å². The Kier molecular flexibility index (Phi) is 3.31. The Morgan fingerprint density at radius 1 is 1.10 bits per heavy atom. The van der Waals surface area contributed by atoms with E-state index >= 15 is 0 Å². The summed E-state index contributed by atoms with van der Waals surface area (Å²) in [7, 11) is 1.71. The first kappa shape index (κ1) is 13.2. The molecule has 0 aliphatic heterocycles. The number of benzene rings is 1. The second kappa shape index (κ2) is 5.28. The molecular weight excluding hydrogens is 266 g/mol. The van der Waals surface area contributed by atoms with Crippen molar-refractivity contribution in [3.8, 4) is 0 Å². The number of carbonyl (C=O) groups is 1. The van der Waals surface area contributed by atoms with E-state index in [2.05, 4.69) is 5.32 Å². The van der Waals surface area contributed by atoms with Crippen LogP contribution in [0.3, 0.4) is 0 Å². The summed E-state index contributed by atoms with van der Waals surface area (Å²) in [6.45, 7) is 0.172. The van der Waals surface area contributed by atoms with Gasteiger partial charge in [0, 0.05) is 25.1 Å². The second-order valence-electron chi connectivity index (χ2n) is 4.89. The van der Waals surface area contributed by atoms with Crippen molar-refractivity contribution in [1.29, 1.82) is 0 Å². The molecule has 0 fully saturated rings. The Balaban J connectivity index is 1.84. The van der Waals surface area contributed by atoms with Crippen molar-refractivity contribution in [2.75, 3.05) is 5.32 Å². The third-order valence-electron chi connectivity index (χ3n) is 3.38. The van der Waals surface area contributed by atoms with Crippen LogP contribution in [0.2, 0.25) is 0 Å². The summed E-state index contributed by atoms with van der Waals surface area (Å²) in [6.07, 6.45) is 3.47. The predicted molar refractivity (Wildman–Crippen MR) is 82.3 cm³/mol. The Bertz CT molecular complexity index is 847. The zero-order chi connectivity index (χ0) is 14.8. The second-order valence-corrected chi connectivity index (χ2v) is 4.89. The summed E-state index contributed by atoms with van der Waals surface area (Å²) >= 11 is 0. The summed E-state index contributed by atoms with van der Waals surface area (Å²) in [4.78, 5) is 24.0. The van der Waals surface area contributed by atoms with Crippen LogP contribution in [-0.4, -0.2) is 15.0 Å². The van der Waals surface area contributed by atoms with E-state index in [1.54, 1.807) is 30.1 Å². The number of hydrogen-bond donors (Lipinski definition) is 1. The van der Waals surface area contributed by atoms with Gasteiger partial charge in [0.15, 0.2) is 0 Å². The van der Waals surface area contributed by atoms with Crippen molar-refractivity contribution in [3.05, 3.63) is 65.2 Å². The predicted octanol–water partition coefficient (Wildman–Crippen LogP) is 1.98. The molecule has 1 amide bonds. The first-order chi connectivity index (χ1) is 10.1. The van der Waals surface area contributed by atoms with Crippen molar-refractivity contribution in [3.63, 3.8) is 0 Å². The Labute approximate surface area is 121 Å². The minimum Gasteiger partial charge on any atom is -0.338 e. The van der Waals surface area contributed by atoms with Crippen molar-refractivity contribution in [2.24, 2.45) is 7.05 Å². The highest BCUT2D eigenvalue weighted by atomic mass is 16.2. The van der Waals surface area contributed by atoms with Crippen LogP contribution in [0, 0.1) is 0 Å². The minimum absolute atomic E-state index is 0.0604. The lowest BCUT2D eigenvalue weighted by atomic mass is 10.3. The number of rotatable bonds is 3. The van der Waals surface area contributed by atoms with E-state index in [-0.39, 0.29) is 18.0 Å². The van der Waals surface area contributed by atoms with Gasteiger partial charge in [-0.1, -0.05) is 18.2 Å². The summed E-state index contributed by atoms with van der Waals surface area (Å²) in [5.41, 5.74) is 1.46. The number of pyridine rings is 1. The van der Waals surface area contributed by atoms with E-state index in [4.69, 9.17) is 0 Å². The molecule has 0 spiro atoms. The van der Waals surface area contributed by atoms with Crippen LogP contribution >= 0.6 is 0 Å². The van der Waals surface area contributed by atoms with Crippen LogP contribution in [-0.2, 0) is 18.4 Å². The first-order valence-electron chi connectivity index (χ1n) is 6.64. The highest BCUT2D eigenvalue weighted by molar-refractivity contribution is 5.91. The molecule has 0 unspecified atom stereocenters. The Morgan fingerprint density at radius 3 is 2.62 bits per heavy atom. The van der Waals surface area contributed by atoms with Gasteiger partial charge in [-0.25, -0.2) is 0 Å². The monoisotopic (exact) mass is 281 g/mol. The molecule has 1 aromatic carbocycles. The molecule has 0 radical (unpaired) electrons. The molecule has 0 aliphatic carbocycles. The van der Waals surface area contributed by atoms with Gasteiger partial charge in [-0.3, -0.25) is 9.59 Å². The molecule has 0 aliphatic rings. The normalized spacial score (nSPS) is 10.7. The highest BCUT2D eigenvalue weighted by Crippen LogP contribution is 2.12. The molecular formula is C16H15N3O2. The number of fused-ring (bicyclic) bond motifs is 1. The summed E-state index contributed by atoms with van der Waals surface area (Å²) < 4.78 is 3.30. The fourth-order valence-corrected chi connectivity index (χ4v) is 2.31. The van der Waals surface area contributed by atoms with Gasteiger partial charge in [0.1, 0.15) is 6.54 Å². The molecule has 2 heterocycles. The number of para-hydroxylation sites is 1. The quantitative estimate of drug-likeness (QED) is 0.798. The lowest BCUT2D eigenvalue weighted by Crippen LogP contribution is -2.19. The molecule has 21 heavy (non-hydrogen) atoms. The van der Waals surface area contributed by atoms with Gasteiger partial charge in [-0.15, -0.1) is 0 Å². The van der Waals surface area contributed by atoms with Crippen LogP contribution in [0.15, 0.2) is 59.7 Å². The molecule has 0 saturated carbocycles. The third kappa shape index (κ3) is 2.58. The van der Waals surface area contributed by atoms with Gasteiger partial charge in [0.05, 0.1) is 10.9 Å². The van der Waals surface area contributed by atoms with E-state index in [1.165, 1.54) is 4.57 Å². The average Bonchev–Trinajstić information content (AvgIpc) is 2.87. The number of nitrogens with zero attached hydrogens (tertiary/aromatic N) is 2. The molecule has 2 aromatic heterocycles. The maximum absolute atomic E-state index is 12.1. The van der Waals surface area contributed by atoms with E-state index in [0.29, 0.717) is 5.39 Å². The zero-order valence-electron chi connectivity index (χ0n) is 11.6. The van der Waals surface area contributed by atoms with E-state index in [1.807, 2.05) is 36.4 Å². The summed E-state index contributed by atoms with van der Waals surface area (Å²) in [5.74, 6) is -0.126. The van der Waals surface area contributed by atoms with E-state index < -0.39 is 0 Å². The maximum Gasteiger partial charge on any atom is 0.259 e. The molecule has 3 rings (SSSR count). The van der Waals surface area contributed by atoms with Gasteiger partial charge >= 0.3 is 0 Å². The largest absolute Gasteiger partial charge is 0.338 e. The van der Waals surface area contributed by atoms with Crippen LogP contribution in [0.1, 0.15) is 0 Å². The fraction of sp³-hybridized carbons (Fsp3) is 0.125. The summed E-state index contributed by atoms with van der Waals surface area (Å²) in [5, 5.41) is 3.45. The molecule has 3 aromatic rings. The fourth-order valence-electron chi connectivity index (χ4n) is 2.31. The minimum atomic E-state index is -0.126. The molecule has 5 heteroatoms. The van der Waals surface area contributed by atoms with Crippen molar-refractivity contribution >= 4 is 22.5 Å². The average molecular weight is 281 g/mol.